The zero-order valence-electron chi connectivity index (χ0n) is 15.4. The summed E-state index contributed by atoms with van der Waals surface area (Å²) < 4.78 is 8.55. The first-order valence-corrected chi connectivity index (χ1v) is 9.94. The number of hydrogen-bond donors (Lipinski definition) is 1. The number of nitrogens with zero attached hydrogens (tertiary/aromatic N) is 2. The number of halogens is 2. The third-order valence-electron chi connectivity index (χ3n) is 5.42. The van der Waals surface area contributed by atoms with E-state index in [0.717, 1.165) is 47.3 Å². The normalized spacial score (nSPS) is 22.1. The van der Waals surface area contributed by atoms with Gasteiger partial charge < -0.3 is 26.8 Å². The number of methoxy groups -OCH3 is 1. The molecule has 1 atom stereocenters. The van der Waals surface area contributed by atoms with Crippen molar-refractivity contribution >= 4 is 27.5 Å². The molecule has 4 rings (SSSR count). The van der Waals surface area contributed by atoms with Gasteiger partial charge in [-0.3, -0.25) is 0 Å². The summed E-state index contributed by atoms with van der Waals surface area (Å²) in [5, 5.41) is 11.7. The number of rotatable bonds is 3. The first kappa shape index (κ1) is 20.4. The van der Waals surface area contributed by atoms with Crippen LogP contribution in [0.25, 0.3) is 0 Å². The minimum absolute atomic E-state index is 0. The largest absolute Gasteiger partial charge is 1.00 e. The minimum atomic E-state index is -1.01. The van der Waals surface area contributed by atoms with Crippen LogP contribution in [0.15, 0.2) is 53.0 Å². The Labute approximate surface area is 179 Å². The first-order chi connectivity index (χ1) is 12.6. The van der Waals surface area contributed by atoms with Crippen molar-refractivity contribution in [3.05, 3.63) is 58.6 Å². The summed E-state index contributed by atoms with van der Waals surface area (Å²) in [6.45, 7) is 1.42. The van der Waals surface area contributed by atoms with E-state index in [1.165, 1.54) is 12.3 Å². The molecule has 2 aromatic carbocycles. The van der Waals surface area contributed by atoms with Crippen molar-refractivity contribution in [1.29, 1.82) is 0 Å². The van der Waals surface area contributed by atoms with E-state index < -0.39 is 5.72 Å². The molecule has 0 radical (unpaired) electrons. The Kier molecular flexibility index (Phi) is 6.28. The minimum Gasteiger partial charge on any atom is -1.00 e. The van der Waals surface area contributed by atoms with Crippen LogP contribution >= 0.6 is 15.9 Å². The van der Waals surface area contributed by atoms with Gasteiger partial charge in [0.15, 0.2) is 6.54 Å². The number of benzene rings is 2. The quantitative estimate of drug-likeness (QED) is 0.648. The van der Waals surface area contributed by atoms with E-state index in [1.54, 1.807) is 7.11 Å². The summed E-state index contributed by atoms with van der Waals surface area (Å²) in [7, 11) is 1.66. The second-order valence-corrected chi connectivity index (χ2v) is 7.90. The van der Waals surface area contributed by atoms with Gasteiger partial charge in [-0.15, -0.1) is 0 Å². The fourth-order valence-corrected chi connectivity index (χ4v) is 4.30. The lowest BCUT2D eigenvalue weighted by Crippen LogP contribution is -3.00. The lowest BCUT2D eigenvalue weighted by molar-refractivity contribution is -0.658. The maximum Gasteiger partial charge on any atom is 0.271 e. The summed E-state index contributed by atoms with van der Waals surface area (Å²) in [5.41, 5.74) is 1.02. The predicted octanol–water partition coefficient (Wildman–Crippen LogP) is 1.11. The Balaban J connectivity index is 0.00000210. The summed E-state index contributed by atoms with van der Waals surface area (Å²) >= 11 is 3.51. The number of β-amino-alcohol motifs (C(OH)–C–C–N with tert-alkyl or cyclic N) is 1. The van der Waals surface area contributed by atoms with Crippen LogP contribution in [0.5, 0.6) is 5.75 Å². The van der Waals surface area contributed by atoms with Crippen LogP contribution in [0.2, 0.25) is 0 Å². The molecule has 0 aliphatic carbocycles. The summed E-state index contributed by atoms with van der Waals surface area (Å²) in [6.07, 6.45) is 4.47. The Morgan fingerprint density at radius 2 is 1.74 bits per heavy atom. The molecule has 1 unspecified atom stereocenters. The van der Waals surface area contributed by atoms with Crippen LogP contribution in [-0.4, -0.2) is 35.7 Å². The van der Waals surface area contributed by atoms with Gasteiger partial charge in [0.05, 0.1) is 13.7 Å². The summed E-state index contributed by atoms with van der Waals surface area (Å²) in [6, 6.07) is 16.1. The number of aliphatic hydroxyl groups is 1. The van der Waals surface area contributed by atoms with Crippen molar-refractivity contribution < 1.29 is 31.4 Å². The molecule has 1 N–H and O–H groups in total. The van der Waals surface area contributed by atoms with E-state index >= 15 is 0 Å². The van der Waals surface area contributed by atoms with Gasteiger partial charge >= 0.3 is 0 Å². The van der Waals surface area contributed by atoms with Gasteiger partial charge in [0, 0.05) is 16.5 Å². The van der Waals surface area contributed by atoms with Crippen molar-refractivity contribution in [2.24, 2.45) is 0 Å². The molecule has 2 aromatic rings. The summed E-state index contributed by atoms with van der Waals surface area (Å²) in [5.74, 6) is 2.03. The van der Waals surface area contributed by atoms with Crippen LogP contribution in [-0.2, 0) is 5.72 Å². The SMILES string of the molecule is COc1ccc(C2(O)CN(c3ccc(Br)cc3)C3=[N+]2CCCCC3)cc1.[Br-]. The zero-order valence-corrected chi connectivity index (χ0v) is 18.5. The highest BCUT2D eigenvalue weighted by atomic mass is 79.9. The van der Waals surface area contributed by atoms with E-state index in [9.17, 15) is 5.11 Å². The molecule has 0 fully saturated rings. The molecule has 0 saturated carbocycles. The highest BCUT2D eigenvalue weighted by Gasteiger charge is 2.51. The monoisotopic (exact) mass is 494 g/mol. The van der Waals surface area contributed by atoms with Gasteiger partial charge in [0.25, 0.3) is 11.6 Å². The molecule has 27 heavy (non-hydrogen) atoms. The van der Waals surface area contributed by atoms with Crippen LogP contribution in [0, 0.1) is 0 Å². The van der Waals surface area contributed by atoms with Gasteiger partial charge in [-0.05, 0) is 67.8 Å². The smallest absolute Gasteiger partial charge is 0.271 e. The number of amidine groups is 1. The molecular formula is C21H24Br2N2O2. The van der Waals surface area contributed by atoms with Crippen molar-refractivity contribution in [3.8, 4) is 5.75 Å². The van der Waals surface area contributed by atoms with Crippen molar-refractivity contribution in [2.75, 3.05) is 25.1 Å². The maximum absolute atomic E-state index is 11.7. The van der Waals surface area contributed by atoms with E-state index in [2.05, 4.69) is 49.7 Å². The maximum atomic E-state index is 11.7. The molecule has 2 aliphatic rings. The third kappa shape index (κ3) is 3.80. The molecule has 2 aliphatic heterocycles. The van der Waals surface area contributed by atoms with Crippen LogP contribution in [0.3, 0.4) is 0 Å². The Hall–Kier alpha value is -1.37. The first-order valence-electron chi connectivity index (χ1n) is 9.15. The molecule has 0 amide bonds. The Morgan fingerprint density at radius 3 is 2.41 bits per heavy atom. The Bertz CT molecular complexity index is 821. The van der Waals surface area contributed by atoms with Crippen molar-refractivity contribution in [1.82, 2.24) is 0 Å². The van der Waals surface area contributed by atoms with Crippen LogP contribution in [0.4, 0.5) is 5.69 Å². The molecule has 6 heteroatoms. The molecule has 0 aromatic heterocycles. The second kappa shape index (κ2) is 8.33. The fourth-order valence-electron chi connectivity index (χ4n) is 4.04. The Morgan fingerprint density at radius 1 is 1.04 bits per heavy atom. The molecule has 144 valence electrons. The number of ether oxygens (including phenoxy) is 1. The average molecular weight is 496 g/mol. The second-order valence-electron chi connectivity index (χ2n) is 6.99. The van der Waals surface area contributed by atoms with E-state index in [-0.39, 0.29) is 17.0 Å². The van der Waals surface area contributed by atoms with Gasteiger partial charge in [0.2, 0.25) is 0 Å². The van der Waals surface area contributed by atoms with Crippen LogP contribution in [0.1, 0.15) is 31.2 Å². The van der Waals surface area contributed by atoms with E-state index in [4.69, 9.17) is 4.74 Å². The van der Waals surface area contributed by atoms with Crippen LogP contribution < -0.4 is 26.6 Å². The molecular weight excluding hydrogens is 472 g/mol. The van der Waals surface area contributed by atoms with Gasteiger partial charge in [-0.2, -0.15) is 0 Å². The van der Waals surface area contributed by atoms with Gasteiger partial charge in [-0.25, -0.2) is 9.48 Å². The van der Waals surface area contributed by atoms with Gasteiger partial charge in [0.1, 0.15) is 11.4 Å². The molecule has 4 nitrogen and oxygen atoms in total. The highest BCUT2D eigenvalue weighted by molar-refractivity contribution is 9.10. The van der Waals surface area contributed by atoms with Gasteiger partial charge in [-0.1, -0.05) is 15.9 Å². The highest BCUT2D eigenvalue weighted by Crippen LogP contribution is 2.36. The predicted molar refractivity (Wildman–Crippen MR) is 107 cm³/mol. The van der Waals surface area contributed by atoms with Crippen molar-refractivity contribution in [2.45, 2.75) is 31.4 Å². The lowest BCUT2D eigenvalue weighted by Gasteiger charge is -2.23. The molecule has 0 saturated heterocycles. The number of hydrogen-bond acceptors (Lipinski definition) is 3. The number of anilines is 1. The molecule has 0 bridgehead atoms. The fraction of sp³-hybridized carbons (Fsp3) is 0.381. The van der Waals surface area contributed by atoms with E-state index in [0.29, 0.717) is 6.54 Å². The van der Waals surface area contributed by atoms with E-state index in [1.807, 2.05) is 24.3 Å². The summed E-state index contributed by atoms with van der Waals surface area (Å²) in [4.78, 5) is 2.28. The topological polar surface area (TPSA) is 35.7 Å². The van der Waals surface area contributed by atoms with Crippen molar-refractivity contribution in [3.63, 3.8) is 0 Å². The lowest BCUT2D eigenvalue weighted by atomic mass is 10.0. The third-order valence-corrected chi connectivity index (χ3v) is 5.95. The molecule has 0 spiro atoms. The zero-order chi connectivity index (χ0) is 18.1. The standard InChI is InChI=1S/C21H24BrN2O2.BrH/c1-26-19-12-6-16(7-13-19)21(25)15-23(18-10-8-17(22)9-11-18)20-5-3-2-4-14-24(20)21;/h6-13,25H,2-5,14-15H2,1H3;1H/q+1;/p-1. The molecule has 2 heterocycles. The average Bonchev–Trinajstić information content (AvgIpc) is 2.82.